The fourth-order valence-electron chi connectivity index (χ4n) is 4.08. The Hall–Kier alpha value is -2.10. The largest absolute Gasteiger partial charge is 0.497 e. The van der Waals surface area contributed by atoms with E-state index in [1.165, 1.54) is 4.90 Å². The Labute approximate surface area is 123 Å². The molecule has 0 N–H and O–H groups in total. The number of hydrogen-bond donors (Lipinski definition) is 0. The third-order valence-electron chi connectivity index (χ3n) is 5.07. The van der Waals surface area contributed by atoms with Gasteiger partial charge in [-0.1, -0.05) is 18.2 Å². The molecular weight excluding hydrogens is 266 g/mol. The number of benzene rings is 1. The molecule has 0 spiro atoms. The van der Waals surface area contributed by atoms with Gasteiger partial charge in [-0.3, -0.25) is 9.59 Å². The lowest BCUT2D eigenvalue weighted by Gasteiger charge is -2.38. The topological polar surface area (TPSA) is 46.6 Å². The quantitative estimate of drug-likeness (QED) is 0.618. The summed E-state index contributed by atoms with van der Waals surface area (Å²) in [5, 5.41) is 0. The predicted molar refractivity (Wildman–Crippen MR) is 77.8 cm³/mol. The molecule has 0 aromatic heterocycles. The van der Waals surface area contributed by atoms with Crippen molar-refractivity contribution in [1.29, 1.82) is 0 Å². The van der Waals surface area contributed by atoms with Crippen molar-refractivity contribution >= 4 is 17.5 Å². The SMILES string of the molecule is COc1cccc(N2C(=O)C3C4C=CC(CC4)C3C2=O)c1. The number of allylic oxidation sites excluding steroid dienone is 2. The van der Waals surface area contributed by atoms with E-state index in [2.05, 4.69) is 12.2 Å². The molecule has 4 nitrogen and oxygen atoms in total. The number of carbonyl (C=O) groups excluding carboxylic acids is 2. The first-order valence-electron chi connectivity index (χ1n) is 7.41. The van der Waals surface area contributed by atoms with Gasteiger partial charge in [-0.15, -0.1) is 0 Å². The van der Waals surface area contributed by atoms with Crippen LogP contribution in [0.2, 0.25) is 0 Å². The molecular formula is C17H17NO3. The van der Waals surface area contributed by atoms with Gasteiger partial charge >= 0.3 is 0 Å². The summed E-state index contributed by atoms with van der Waals surface area (Å²) in [5.41, 5.74) is 0.623. The van der Waals surface area contributed by atoms with Gasteiger partial charge in [0, 0.05) is 6.07 Å². The van der Waals surface area contributed by atoms with E-state index in [9.17, 15) is 9.59 Å². The van der Waals surface area contributed by atoms with E-state index in [0.29, 0.717) is 11.4 Å². The van der Waals surface area contributed by atoms with Gasteiger partial charge in [0.15, 0.2) is 0 Å². The van der Waals surface area contributed by atoms with E-state index in [1.54, 1.807) is 19.2 Å². The zero-order chi connectivity index (χ0) is 14.6. The Morgan fingerprint density at radius 1 is 1.05 bits per heavy atom. The summed E-state index contributed by atoms with van der Waals surface area (Å²) in [5.74, 6) is 0.706. The number of amides is 2. The zero-order valence-corrected chi connectivity index (χ0v) is 11.9. The molecule has 5 rings (SSSR count). The van der Waals surface area contributed by atoms with Crippen LogP contribution in [0.25, 0.3) is 0 Å². The van der Waals surface area contributed by atoms with Crippen LogP contribution < -0.4 is 9.64 Å². The first kappa shape index (κ1) is 12.6. The molecule has 1 saturated heterocycles. The lowest BCUT2D eigenvalue weighted by Crippen LogP contribution is -2.38. The number of methoxy groups -OCH3 is 1. The Morgan fingerprint density at radius 2 is 1.67 bits per heavy atom. The van der Waals surface area contributed by atoms with Crippen molar-refractivity contribution in [2.75, 3.05) is 12.0 Å². The van der Waals surface area contributed by atoms with Crippen LogP contribution in [0.4, 0.5) is 5.69 Å². The van der Waals surface area contributed by atoms with Crippen LogP contribution in [-0.4, -0.2) is 18.9 Å². The smallest absolute Gasteiger partial charge is 0.238 e. The summed E-state index contributed by atoms with van der Waals surface area (Å²) in [6.45, 7) is 0. The van der Waals surface area contributed by atoms with Gasteiger partial charge in [0.2, 0.25) is 11.8 Å². The summed E-state index contributed by atoms with van der Waals surface area (Å²) in [7, 11) is 1.58. The lowest BCUT2D eigenvalue weighted by molar-refractivity contribution is -0.124. The van der Waals surface area contributed by atoms with Crippen LogP contribution in [0.1, 0.15) is 12.8 Å². The van der Waals surface area contributed by atoms with E-state index in [-0.39, 0.29) is 35.5 Å². The van der Waals surface area contributed by atoms with Gasteiger partial charge in [-0.2, -0.15) is 0 Å². The third-order valence-corrected chi connectivity index (χ3v) is 5.07. The molecule has 2 fully saturated rings. The van der Waals surface area contributed by atoms with Gasteiger partial charge in [0.25, 0.3) is 0 Å². The minimum atomic E-state index is -0.160. The molecule has 21 heavy (non-hydrogen) atoms. The molecule has 1 aromatic carbocycles. The minimum absolute atomic E-state index is 0.0442. The van der Waals surface area contributed by atoms with Gasteiger partial charge in [0.1, 0.15) is 5.75 Å². The maximum atomic E-state index is 12.8. The molecule has 108 valence electrons. The van der Waals surface area contributed by atoms with Crippen molar-refractivity contribution in [1.82, 2.24) is 0 Å². The summed E-state index contributed by atoms with van der Waals surface area (Å²) in [6.07, 6.45) is 6.31. The van der Waals surface area contributed by atoms with Crippen LogP contribution in [-0.2, 0) is 9.59 Å². The molecule has 4 atom stereocenters. The molecule has 2 bridgehead atoms. The molecule has 2 amide bonds. The van der Waals surface area contributed by atoms with Crippen molar-refractivity contribution in [3.63, 3.8) is 0 Å². The normalized spacial score (nSPS) is 33.5. The molecule has 4 aliphatic rings. The lowest BCUT2D eigenvalue weighted by atomic mass is 9.63. The molecule has 1 saturated carbocycles. The molecule has 3 aliphatic carbocycles. The number of hydrogen-bond acceptors (Lipinski definition) is 3. The first-order chi connectivity index (χ1) is 10.2. The highest BCUT2D eigenvalue weighted by Crippen LogP contribution is 2.50. The van der Waals surface area contributed by atoms with Crippen molar-refractivity contribution in [2.24, 2.45) is 23.7 Å². The minimum Gasteiger partial charge on any atom is -0.497 e. The second-order valence-corrected chi connectivity index (χ2v) is 6.05. The molecule has 1 aromatic rings. The van der Waals surface area contributed by atoms with Crippen molar-refractivity contribution in [2.45, 2.75) is 12.8 Å². The second-order valence-electron chi connectivity index (χ2n) is 6.05. The Kier molecular flexibility index (Phi) is 2.67. The van der Waals surface area contributed by atoms with Gasteiger partial charge in [-0.25, -0.2) is 4.90 Å². The number of carbonyl (C=O) groups is 2. The van der Waals surface area contributed by atoms with E-state index in [1.807, 2.05) is 12.1 Å². The number of fused-ring (bicyclic) bond motifs is 1. The van der Waals surface area contributed by atoms with Crippen molar-refractivity contribution in [3.05, 3.63) is 36.4 Å². The van der Waals surface area contributed by atoms with Crippen LogP contribution in [0.3, 0.4) is 0 Å². The van der Waals surface area contributed by atoms with Crippen LogP contribution in [0, 0.1) is 23.7 Å². The predicted octanol–water partition coefficient (Wildman–Crippen LogP) is 2.40. The fourth-order valence-corrected chi connectivity index (χ4v) is 4.08. The summed E-state index contributed by atoms with van der Waals surface area (Å²) in [4.78, 5) is 26.9. The van der Waals surface area contributed by atoms with Gasteiger partial charge in [0.05, 0.1) is 24.6 Å². The maximum Gasteiger partial charge on any atom is 0.238 e. The van der Waals surface area contributed by atoms with Gasteiger partial charge < -0.3 is 4.74 Å². The monoisotopic (exact) mass is 283 g/mol. The van der Waals surface area contributed by atoms with E-state index >= 15 is 0 Å². The Bertz CT molecular complexity index is 619. The molecule has 4 unspecified atom stereocenters. The molecule has 4 heteroatoms. The van der Waals surface area contributed by atoms with Gasteiger partial charge in [-0.05, 0) is 36.8 Å². The average Bonchev–Trinajstić information content (AvgIpc) is 2.82. The summed E-state index contributed by atoms with van der Waals surface area (Å²) < 4.78 is 5.20. The zero-order valence-electron chi connectivity index (χ0n) is 11.9. The van der Waals surface area contributed by atoms with E-state index < -0.39 is 0 Å². The molecule has 1 aliphatic heterocycles. The van der Waals surface area contributed by atoms with Crippen LogP contribution in [0.15, 0.2) is 36.4 Å². The number of rotatable bonds is 2. The molecule has 0 radical (unpaired) electrons. The van der Waals surface area contributed by atoms with E-state index in [0.717, 1.165) is 12.8 Å². The van der Waals surface area contributed by atoms with Crippen molar-refractivity contribution in [3.8, 4) is 5.75 Å². The third kappa shape index (κ3) is 1.68. The van der Waals surface area contributed by atoms with Crippen LogP contribution in [0.5, 0.6) is 5.75 Å². The average molecular weight is 283 g/mol. The van der Waals surface area contributed by atoms with E-state index in [4.69, 9.17) is 4.74 Å². The first-order valence-corrected chi connectivity index (χ1v) is 7.41. The fraction of sp³-hybridized carbons (Fsp3) is 0.412. The van der Waals surface area contributed by atoms with Crippen LogP contribution >= 0.6 is 0 Å². The highest BCUT2D eigenvalue weighted by molar-refractivity contribution is 6.22. The number of ether oxygens (including phenoxy) is 1. The van der Waals surface area contributed by atoms with Crippen molar-refractivity contribution < 1.29 is 14.3 Å². The summed E-state index contributed by atoms with van der Waals surface area (Å²) >= 11 is 0. The molecule has 1 heterocycles. The Balaban J connectivity index is 1.75. The maximum absolute atomic E-state index is 12.8. The summed E-state index contributed by atoms with van der Waals surface area (Å²) in [6, 6.07) is 7.17. The number of anilines is 1. The number of nitrogens with zero attached hydrogens (tertiary/aromatic N) is 1. The Morgan fingerprint density at radius 3 is 2.19 bits per heavy atom. The number of imide groups is 1. The highest BCUT2D eigenvalue weighted by Gasteiger charge is 2.56. The second kappa shape index (κ2) is 4.45. The highest BCUT2D eigenvalue weighted by atomic mass is 16.5. The standard InChI is InChI=1S/C17H17NO3/c1-21-13-4-2-3-12(9-13)18-16(19)14-10-5-6-11(8-7-10)15(14)17(18)20/h2-6,9-11,14-15H,7-8H2,1H3.